The quantitative estimate of drug-likeness (QED) is 0.430. The van der Waals surface area contributed by atoms with E-state index in [1.165, 1.54) is 4.88 Å². The van der Waals surface area contributed by atoms with Crippen molar-refractivity contribution in [2.24, 2.45) is 4.99 Å². The highest BCUT2D eigenvalue weighted by Crippen LogP contribution is 2.19. The third-order valence-electron chi connectivity index (χ3n) is 3.06. The summed E-state index contributed by atoms with van der Waals surface area (Å²) in [5, 5.41) is 8.73. The van der Waals surface area contributed by atoms with Crippen LogP contribution < -0.4 is 10.6 Å². The zero-order chi connectivity index (χ0) is 14.3. The lowest BCUT2D eigenvalue weighted by molar-refractivity contribution is 0.0268. The number of aliphatic imine (C=N–C) groups is 1. The molecule has 0 aromatic carbocycles. The summed E-state index contributed by atoms with van der Waals surface area (Å²) in [6.45, 7) is 7.89. The Kier molecular flexibility index (Phi) is 9.41. The van der Waals surface area contributed by atoms with Gasteiger partial charge in [0.1, 0.15) is 0 Å². The number of methoxy groups -OCH3 is 1. The number of nitrogens with zero attached hydrogens (tertiary/aromatic N) is 1. The number of thiophene rings is 1. The second kappa shape index (κ2) is 9.57. The number of guanidine groups is 1. The monoisotopic (exact) mass is 411 g/mol. The van der Waals surface area contributed by atoms with Crippen molar-refractivity contribution in [1.82, 2.24) is 10.6 Å². The highest BCUT2D eigenvalue weighted by molar-refractivity contribution is 14.0. The molecule has 1 aromatic rings. The molecule has 2 N–H and O–H groups in total. The molecule has 20 heavy (non-hydrogen) atoms. The van der Waals surface area contributed by atoms with Crippen LogP contribution in [-0.4, -0.2) is 38.8 Å². The summed E-state index contributed by atoms with van der Waals surface area (Å²) in [4.78, 5) is 5.61. The maximum Gasteiger partial charge on any atom is 0.191 e. The SMILES string of the molecule is CN=C(NCC(C)c1cccs1)NCC(C)(C)OC.I. The lowest BCUT2D eigenvalue weighted by Gasteiger charge is -2.24. The molecule has 0 saturated carbocycles. The predicted octanol–water partition coefficient (Wildman–Crippen LogP) is 3.06. The highest BCUT2D eigenvalue weighted by atomic mass is 127. The van der Waals surface area contributed by atoms with Crippen LogP contribution in [0.2, 0.25) is 0 Å². The summed E-state index contributed by atoms with van der Waals surface area (Å²) in [5.41, 5.74) is -0.197. The van der Waals surface area contributed by atoms with Crippen LogP contribution in [0.4, 0.5) is 0 Å². The minimum absolute atomic E-state index is 0. The van der Waals surface area contributed by atoms with Gasteiger partial charge in [0.15, 0.2) is 5.96 Å². The maximum atomic E-state index is 5.37. The molecule has 0 aliphatic carbocycles. The van der Waals surface area contributed by atoms with E-state index in [1.807, 2.05) is 13.8 Å². The lowest BCUT2D eigenvalue weighted by Crippen LogP contribution is -2.46. The Hall–Kier alpha value is -0.340. The van der Waals surface area contributed by atoms with E-state index in [1.54, 1.807) is 25.5 Å². The molecule has 1 rings (SSSR count). The van der Waals surface area contributed by atoms with Crippen molar-refractivity contribution >= 4 is 41.3 Å². The lowest BCUT2D eigenvalue weighted by atomic mass is 10.1. The third kappa shape index (κ3) is 6.90. The van der Waals surface area contributed by atoms with Crippen LogP contribution in [0.15, 0.2) is 22.5 Å². The molecule has 1 unspecified atom stereocenters. The summed E-state index contributed by atoms with van der Waals surface area (Å²) >= 11 is 1.79. The Balaban J connectivity index is 0.00000361. The van der Waals surface area contributed by atoms with Crippen LogP contribution in [0.3, 0.4) is 0 Å². The van der Waals surface area contributed by atoms with E-state index in [2.05, 4.69) is 40.1 Å². The molecule has 1 heterocycles. The molecule has 0 saturated heterocycles. The molecule has 4 nitrogen and oxygen atoms in total. The fraction of sp³-hybridized carbons (Fsp3) is 0.643. The average molecular weight is 411 g/mol. The van der Waals surface area contributed by atoms with Gasteiger partial charge in [-0.2, -0.15) is 0 Å². The van der Waals surface area contributed by atoms with Crippen molar-refractivity contribution in [2.75, 3.05) is 27.2 Å². The largest absolute Gasteiger partial charge is 0.377 e. The molecule has 0 bridgehead atoms. The van der Waals surface area contributed by atoms with E-state index in [0.717, 1.165) is 19.0 Å². The average Bonchev–Trinajstić information content (AvgIpc) is 2.92. The number of halogens is 1. The molecule has 0 aliphatic heterocycles. The topological polar surface area (TPSA) is 45.7 Å². The van der Waals surface area contributed by atoms with Crippen LogP contribution in [0, 0.1) is 0 Å². The minimum Gasteiger partial charge on any atom is -0.377 e. The summed E-state index contributed by atoms with van der Waals surface area (Å²) in [6.07, 6.45) is 0. The van der Waals surface area contributed by atoms with E-state index in [9.17, 15) is 0 Å². The van der Waals surface area contributed by atoms with E-state index >= 15 is 0 Å². The molecule has 1 aromatic heterocycles. The Morgan fingerprint density at radius 3 is 2.65 bits per heavy atom. The number of hydrogen-bond acceptors (Lipinski definition) is 3. The van der Waals surface area contributed by atoms with Gasteiger partial charge in [-0.25, -0.2) is 0 Å². The van der Waals surface area contributed by atoms with Crippen molar-refractivity contribution in [3.05, 3.63) is 22.4 Å². The Morgan fingerprint density at radius 2 is 2.15 bits per heavy atom. The van der Waals surface area contributed by atoms with Gasteiger partial charge in [-0.15, -0.1) is 35.3 Å². The third-order valence-corrected chi connectivity index (χ3v) is 4.17. The predicted molar refractivity (Wildman–Crippen MR) is 98.6 cm³/mol. The molecule has 116 valence electrons. The summed E-state index contributed by atoms with van der Waals surface area (Å²) in [6, 6.07) is 4.26. The van der Waals surface area contributed by atoms with Crippen LogP contribution in [0.25, 0.3) is 0 Å². The first-order chi connectivity index (χ1) is 8.98. The van der Waals surface area contributed by atoms with E-state index < -0.39 is 0 Å². The van der Waals surface area contributed by atoms with Crippen LogP contribution in [-0.2, 0) is 4.74 Å². The van der Waals surface area contributed by atoms with Gasteiger partial charge < -0.3 is 15.4 Å². The van der Waals surface area contributed by atoms with Gasteiger partial charge in [-0.1, -0.05) is 13.0 Å². The van der Waals surface area contributed by atoms with Crippen molar-refractivity contribution in [3.8, 4) is 0 Å². The van der Waals surface area contributed by atoms with E-state index in [4.69, 9.17) is 4.74 Å². The highest BCUT2D eigenvalue weighted by Gasteiger charge is 2.16. The maximum absolute atomic E-state index is 5.37. The molecule has 1 atom stereocenters. The molecule has 0 amide bonds. The normalized spacial score (nSPS) is 13.6. The van der Waals surface area contributed by atoms with E-state index in [0.29, 0.717) is 5.92 Å². The van der Waals surface area contributed by atoms with Crippen molar-refractivity contribution in [2.45, 2.75) is 32.3 Å². The zero-order valence-corrected chi connectivity index (χ0v) is 16.0. The zero-order valence-electron chi connectivity index (χ0n) is 12.9. The van der Waals surface area contributed by atoms with Crippen molar-refractivity contribution in [3.63, 3.8) is 0 Å². The van der Waals surface area contributed by atoms with Gasteiger partial charge in [0.25, 0.3) is 0 Å². The number of ether oxygens (including phenoxy) is 1. The molecule has 0 radical (unpaired) electrons. The van der Waals surface area contributed by atoms with Gasteiger partial charge in [0.2, 0.25) is 0 Å². The molecule has 0 spiro atoms. The summed E-state index contributed by atoms with van der Waals surface area (Å²) in [5.74, 6) is 1.29. The fourth-order valence-electron chi connectivity index (χ4n) is 1.51. The molecule has 0 aliphatic rings. The summed E-state index contributed by atoms with van der Waals surface area (Å²) in [7, 11) is 3.50. The first kappa shape index (κ1) is 19.7. The van der Waals surface area contributed by atoms with E-state index in [-0.39, 0.29) is 29.6 Å². The van der Waals surface area contributed by atoms with Crippen LogP contribution in [0.5, 0.6) is 0 Å². The number of rotatable bonds is 6. The number of hydrogen-bond donors (Lipinski definition) is 2. The Bertz CT molecular complexity index is 393. The smallest absolute Gasteiger partial charge is 0.191 e. The molecular formula is C14H26IN3OS. The van der Waals surface area contributed by atoms with Crippen molar-refractivity contribution in [1.29, 1.82) is 0 Å². The van der Waals surface area contributed by atoms with Gasteiger partial charge >= 0.3 is 0 Å². The van der Waals surface area contributed by atoms with Crippen LogP contribution in [0.1, 0.15) is 31.6 Å². The standard InChI is InChI=1S/C14H25N3OS.HI/c1-11(12-7-6-8-19-12)9-16-13(15-4)17-10-14(2,3)18-5;/h6-8,11H,9-10H2,1-5H3,(H2,15,16,17);1H. The van der Waals surface area contributed by atoms with Gasteiger partial charge in [0, 0.05) is 38.0 Å². The van der Waals surface area contributed by atoms with Crippen molar-refractivity contribution < 1.29 is 4.74 Å². The fourth-order valence-corrected chi connectivity index (χ4v) is 2.30. The minimum atomic E-state index is -0.197. The molecular weight excluding hydrogens is 385 g/mol. The molecule has 0 fully saturated rings. The first-order valence-corrected chi connectivity index (χ1v) is 7.39. The van der Waals surface area contributed by atoms with Gasteiger partial charge in [-0.05, 0) is 25.3 Å². The summed E-state index contributed by atoms with van der Waals surface area (Å²) < 4.78 is 5.37. The Labute approximate surface area is 143 Å². The first-order valence-electron chi connectivity index (χ1n) is 6.51. The number of nitrogens with one attached hydrogen (secondary N) is 2. The second-order valence-corrected chi connectivity index (χ2v) is 6.17. The van der Waals surface area contributed by atoms with Gasteiger partial charge in [0.05, 0.1) is 5.60 Å². The Morgan fingerprint density at radius 1 is 1.45 bits per heavy atom. The second-order valence-electron chi connectivity index (χ2n) is 5.19. The van der Waals surface area contributed by atoms with Crippen LogP contribution >= 0.6 is 35.3 Å². The van der Waals surface area contributed by atoms with Gasteiger partial charge in [-0.3, -0.25) is 4.99 Å². The molecule has 6 heteroatoms.